The van der Waals surface area contributed by atoms with Crippen molar-refractivity contribution in [2.75, 3.05) is 12.3 Å². The minimum Gasteiger partial charge on any atom is -0.397 e. The highest BCUT2D eigenvalue weighted by Crippen LogP contribution is 2.16. The van der Waals surface area contributed by atoms with Crippen molar-refractivity contribution in [2.24, 2.45) is 0 Å². The standard InChI is InChI=1S/C9H13N3O/c10-7-4-8(12-11-6-7)5-9-2-1-3-13-9/h4,6,9H,1-3,5H2,(H2,10,12). The number of nitrogens with zero attached hydrogens (tertiary/aromatic N) is 2. The van der Waals surface area contributed by atoms with Crippen LogP contribution < -0.4 is 5.73 Å². The van der Waals surface area contributed by atoms with Gasteiger partial charge in [0.05, 0.1) is 23.7 Å². The van der Waals surface area contributed by atoms with E-state index in [2.05, 4.69) is 10.2 Å². The van der Waals surface area contributed by atoms with Crippen molar-refractivity contribution < 1.29 is 4.74 Å². The molecule has 1 saturated heterocycles. The molecular formula is C9H13N3O. The van der Waals surface area contributed by atoms with E-state index in [-0.39, 0.29) is 0 Å². The Morgan fingerprint density at radius 1 is 1.62 bits per heavy atom. The second-order valence-electron chi connectivity index (χ2n) is 3.32. The molecule has 2 rings (SSSR count). The Morgan fingerprint density at radius 2 is 2.54 bits per heavy atom. The number of hydrogen-bond acceptors (Lipinski definition) is 4. The van der Waals surface area contributed by atoms with E-state index in [0.717, 1.165) is 31.6 Å². The third-order valence-electron chi connectivity index (χ3n) is 2.19. The molecule has 2 N–H and O–H groups in total. The van der Waals surface area contributed by atoms with Gasteiger partial charge in [-0.2, -0.15) is 10.2 Å². The molecule has 1 unspecified atom stereocenters. The third kappa shape index (κ3) is 2.15. The number of nitrogen functional groups attached to an aromatic ring is 1. The van der Waals surface area contributed by atoms with Crippen LogP contribution in [0.1, 0.15) is 18.5 Å². The van der Waals surface area contributed by atoms with E-state index < -0.39 is 0 Å². The molecule has 4 heteroatoms. The topological polar surface area (TPSA) is 61.0 Å². The van der Waals surface area contributed by atoms with E-state index >= 15 is 0 Å². The van der Waals surface area contributed by atoms with Gasteiger partial charge in [0.25, 0.3) is 0 Å². The fourth-order valence-electron chi connectivity index (χ4n) is 1.57. The molecule has 0 saturated carbocycles. The molecule has 13 heavy (non-hydrogen) atoms. The van der Waals surface area contributed by atoms with Gasteiger partial charge in [0.15, 0.2) is 0 Å². The largest absolute Gasteiger partial charge is 0.397 e. The first-order valence-electron chi connectivity index (χ1n) is 4.53. The van der Waals surface area contributed by atoms with Gasteiger partial charge in [0.2, 0.25) is 0 Å². The molecule has 0 amide bonds. The number of nitrogens with two attached hydrogens (primary N) is 1. The molecule has 1 aromatic rings. The zero-order valence-electron chi connectivity index (χ0n) is 7.44. The number of hydrogen-bond donors (Lipinski definition) is 1. The Hall–Kier alpha value is -1.16. The molecule has 0 bridgehead atoms. The third-order valence-corrected chi connectivity index (χ3v) is 2.19. The second-order valence-corrected chi connectivity index (χ2v) is 3.32. The molecule has 4 nitrogen and oxygen atoms in total. The van der Waals surface area contributed by atoms with Crippen LogP contribution in [0, 0.1) is 0 Å². The molecule has 0 aliphatic carbocycles. The number of ether oxygens (including phenoxy) is 1. The van der Waals surface area contributed by atoms with E-state index in [1.54, 1.807) is 6.20 Å². The van der Waals surface area contributed by atoms with Gasteiger partial charge in [-0.3, -0.25) is 0 Å². The van der Waals surface area contributed by atoms with Gasteiger partial charge in [-0.25, -0.2) is 0 Å². The highest BCUT2D eigenvalue weighted by molar-refractivity contribution is 5.34. The number of anilines is 1. The van der Waals surface area contributed by atoms with Crippen molar-refractivity contribution in [2.45, 2.75) is 25.4 Å². The van der Waals surface area contributed by atoms with Crippen LogP contribution in [0.4, 0.5) is 5.69 Å². The van der Waals surface area contributed by atoms with Gasteiger partial charge in [-0.1, -0.05) is 0 Å². The van der Waals surface area contributed by atoms with E-state index in [9.17, 15) is 0 Å². The molecular weight excluding hydrogens is 166 g/mol. The lowest BCUT2D eigenvalue weighted by molar-refractivity contribution is 0.110. The molecule has 1 atom stereocenters. The van der Waals surface area contributed by atoms with Gasteiger partial charge >= 0.3 is 0 Å². The normalized spacial score (nSPS) is 22.0. The highest BCUT2D eigenvalue weighted by Gasteiger charge is 2.16. The fourth-order valence-corrected chi connectivity index (χ4v) is 1.57. The van der Waals surface area contributed by atoms with Crippen LogP contribution in [0.5, 0.6) is 0 Å². The summed E-state index contributed by atoms with van der Waals surface area (Å²) in [4.78, 5) is 0. The molecule has 2 heterocycles. The van der Waals surface area contributed by atoms with E-state index in [0.29, 0.717) is 11.8 Å². The Kier molecular flexibility index (Phi) is 2.40. The summed E-state index contributed by atoms with van der Waals surface area (Å²) in [6.07, 6.45) is 4.98. The maximum atomic E-state index is 5.59. The predicted octanol–water partition coefficient (Wildman–Crippen LogP) is 0.780. The smallest absolute Gasteiger partial charge is 0.0726 e. The lowest BCUT2D eigenvalue weighted by Gasteiger charge is -2.07. The number of rotatable bonds is 2. The van der Waals surface area contributed by atoms with Crippen LogP contribution in [-0.2, 0) is 11.2 Å². The minimum absolute atomic E-state index is 0.316. The van der Waals surface area contributed by atoms with E-state index in [4.69, 9.17) is 10.5 Å². The summed E-state index contributed by atoms with van der Waals surface area (Å²) in [7, 11) is 0. The lowest BCUT2D eigenvalue weighted by Crippen LogP contribution is -2.10. The van der Waals surface area contributed by atoms with Crippen molar-refractivity contribution in [3.8, 4) is 0 Å². The van der Waals surface area contributed by atoms with E-state index in [1.807, 2.05) is 6.07 Å². The first kappa shape index (κ1) is 8.44. The van der Waals surface area contributed by atoms with Crippen LogP contribution in [0.2, 0.25) is 0 Å². The summed E-state index contributed by atoms with van der Waals surface area (Å²) < 4.78 is 5.49. The summed E-state index contributed by atoms with van der Waals surface area (Å²) >= 11 is 0. The summed E-state index contributed by atoms with van der Waals surface area (Å²) in [6.45, 7) is 0.875. The first-order chi connectivity index (χ1) is 6.34. The predicted molar refractivity (Wildman–Crippen MR) is 49.1 cm³/mol. The van der Waals surface area contributed by atoms with Crippen molar-refractivity contribution in [3.05, 3.63) is 18.0 Å². The Bertz CT molecular complexity index is 284. The zero-order chi connectivity index (χ0) is 9.10. The van der Waals surface area contributed by atoms with Gasteiger partial charge in [-0.05, 0) is 18.9 Å². The summed E-state index contributed by atoms with van der Waals surface area (Å²) in [5.74, 6) is 0. The Labute approximate surface area is 77.1 Å². The van der Waals surface area contributed by atoms with Crippen LogP contribution >= 0.6 is 0 Å². The molecule has 0 spiro atoms. The molecule has 1 aromatic heterocycles. The molecule has 1 fully saturated rings. The SMILES string of the molecule is Nc1cnnc(CC2CCCO2)c1. The Morgan fingerprint density at radius 3 is 3.23 bits per heavy atom. The quantitative estimate of drug-likeness (QED) is 0.728. The maximum absolute atomic E-state index is 5.59. The molecule has 1 aliphatic heterocycles. The average molecular weight is 179 g/mol. The summed E-state index contributed by atoms with van der Waals surface area (Å²) in [6, 6.07) is 1.86. The molecule has 70 valence electrons. The van der Waals surface area contributed by atoms with Crippen LogP contribution in [0.25, 0.3) is 0 Å². The molecule has 1 aliphatic rings. The minimum atomic E-state index is 0.316. The maximum Gasteiger partial charge on any atom is 0.0726 e. The van der Waals surface area contributed by atoms with Crippen LogP contribution in [-0.4, -0.2) is 22.9 Å². The van der Waals surface area contributed by atoms with Gasteiger partial charge in [-0.15, -0.1) is 0 Å². The van der Waals surface area contributed by atoms with E-state index in [1.165, 1.54) is 0 Å². The van der Waals surface area contributed by atoms with Gasteiger partial charge in [0, 0.05) is 13.0 Å². The highest BCUT2D eigenvalue weighted by atomic mass is 16.5. The van der Waals surface area contributed by atoms with Crippen molar-refractivity contribution in [3.63, 3.8) is 0 Å². The van der Waals surface area contributed by atoms with Crippen molar-refractivity contribution >= 4 is 5.69 Å². The lowest BCUT2D eigenvalue weighted by atomic mass is 10.1. The Balaban J connectivity index is 2.00. The molecule has 0 radical (unpaired) electrons. The average Bonchev–Trinajstić information content (AvgIpc) is 2.57. The zero-order valence-corrected chi connectivity index (χ0v) is 7.44. The number of aromatic nitrogens is 2. The van der Waals surface area contributed by atoms with Crippen LogP contribution in [0.15, 0.2) is 12.3 Å². The van der Waals surface area contributed by atoms with Crippen molar-refractivity contribution in [1.82, 2.24) is 10.2 Å². The summed E-state index contributed by atoms with van der Waals surface area (Å²) in [5.41, 5.74) is 7.18. The van der Waals surface area contributed by atoms with Gasteiger partial charge in [0.1, 0.15) is 0 Å². The summed E-state index contributed by atoms with van der Waals surface area (Å²) in [5, 5.41) is 7.79. The monoisotopic (exact) mass is 179 g/mol. The van der Waals surface area contributed by atoms with Crippen LogP contribution in [0.3, 0.4) is 0 Å². The second kappa shape index (κ2) is 3.70. The van der Waals surface area contributed by atoms with Crippen molar-refractivity contribution in [1.29, 1.82) is 0 Å². The fraction of sp³-hybridized carbons (Fsp3) is 0.556. The van der Waals surface area contributed by atoms with Gasteiger partial charge < -0.3 is 10.5 Å². The first-order valence-corrected chi connectivity index (χ1v) is 4.53. The molecule has 0 aromatic carbocycles.